The van der Waals surface area contributed by atoms with Crippen LogP contribution in [0, 0.1) is 0 Å². The first-order valence-electron chi connectivity index (χ1n) is 25.2. The molecule has 0 N–H and O–H groups in total. The third kappa shape index (κ3) is 5.22. The summed E-state index contributed by atoms with van der Waals surface area (Å²) in [6.07, 6.45) is 0. The van der Waals surface area contributed by atoms with Crippen LogP contribution in [0.4, 0.5) is 17.1 Å². The minimum absolute atomic E-state index is 0.127. The summed E-state index contributed by atoms with van der Waals surface area (Å²) in [6, 6.07) is 90.2. The molecular formula is C70H45NS. The van der Waals surface area contributed by atoms with Crippen LogP contribution in [0.5, 0.6) is 0 Å². The lowest BCUT2D eigenvalue weighted by molar-refractivity contribution is 0.660. The molecule has 1 heterocycles. The molecule has 3 aliphatic carbocycles. The first kappa shape index (κ1) is 40.2. The molecule has 1 nitrogen and oxygen atoms in total. The molecule has 336 valence electrons. The highest BCUT2D eigenvalue weighted by Gasteiger charge is 2.51. The van der Waals surface area contributed by atoms with E-state index >= 15 is 0 Å². The van der Waals surface area contributed by atoms with Crippen LogP contribution >= 0.6 is 11.3 Å². The molecule has 0 atom stereocenters. The average molecular weight is 932 g/mol. The number of fused-ring (bicyclic) bond motifs is 22. The molecule has 16 rings (SSSR count). The van der Waals surface area contributed by atoms with Gasteiger partial charge in [0.2, 0.25) is 0 Å². The molecule has 0 radical (unpaired) electrons. The van der Waals surface area contributed by atoms with Gasteiger partial charge in [0.15, 0.2) is 0 Å². The lowest BCUT2D eigenvalue weighted by Gasteiger charge is -2.33. The number of hydrogen-bond acceptors (Lipinski definition) is 2. The highest BCUT2D eigenvalue weighted by atomic mass is 32.1. The average Bonchev–Trinajstić information content (AvgIpc) is 4.13. The van der Waals surface area contributed by atoms with Gasteiger partial charge in [-0.2, -0.15) is 0 Å². The SMILES string of the molecule is CC1(C)c2ccccc2-c2cc(N(c3ccc4c(c3)C3(c5ccccc5-c5ccccc53)c3ccccc3-4)c3cc4c5ccccc5c5ccccc5c4cc3-c3ccc4c(c3)sc3ccccc34)ccc21. The summed E-state index contributed by atoms with van der Waals surface area (Å²) in [4.78, 5) is 2.60. The molecule has 2 heteroatoms. The molecule has 0 unspecified atom stereocenters. The number of anilines is 3. The van der Waals surface area contributed by atoms with Crippen molar-refractivity contribution in [3.63, 3.8) is 0 Å². The Hall–Kier alpha value is -8.56. The fraction of sp³-hybridized carbons (Fsp3) is 0.0571. The van der Waals surface area contributed by atoms with Crippen molar-refractivity contribution < 1.29 is 0 Å². The highest BCUT2D eigenvalue weighted by Crippen LogP contribution is 2.64. The van der Waals surface area contributed by atoms with Gasteiger partial charge in [-0.3, -0.25) is 0 Å². The molecule has 0 bridgehead atoms. The van der Waals surface area contributed by atoms with Gasteiger partial charge in [-0.05, 0) is 153 Å². The lowest BCUT2D eigenvalue weighted by Crippen LogP contribution is -2.26. The summed E-state index contributed by atoms with van der Waals surface area (Å²) in [5.41, 5.74) is 21.1. The predicted octanol–water partition coefficient (Wildman–Crippen LogP) is 19.3. The van der Waals surface area contributed by atoms with E-state index in [2.05, 4.69) is 255 Å². The molecule has 72 heavy (non-hydrogen) atoms. The van der Waals surface area contributed by atoms with Crippen molar-refractivity contribution in [3.8, 4) is 44.5 Å². The van der Waals surface area contributed by atoms with Crippen LogP contribution in [0.3, 0.4) is 0 Å². The third-order valence-corrected chi connectivity index (χ3v) is 18.0. The summed E-state index contributed by atoms with van der Waals surface area (Å²) in [5, 5.41) is 10.2. The second-order valence-electron chi connectivity index (χ2n) is 20.7. The normalized spacial score (nSPS) is 14.2. The smallest absolute Gasteiger partial charge is 0.0726 e. The van der Waals surface area contributed by atoms with Gasteiger partial charge in [0.05, 0.1) is 11.1 Å². The van der Waals surface area contributed by atoms with Crippen LogP contribution in [0.2, 0.25) is 0 Å². The van der Waals surface area contributed by atoms with Gasteiger partial charge in [0.25, 0.3) is 0 Å². The van der Waals surface area contributed by atoms with Gasteiger partial charge in [-0.25, -0.2) is 0 Å². The Kier molecular flexibility index (Phi) is 8.10. The van der Waals surface area contributed by atoms with Crippen LogP contribution < -0.4 is 4.90 Å². The van der Waals surface area contributed by atoms with E-state index in [1.54, 1.807) is 0 Å². The molecule has 1 spiro atoms. The molecule has 0 amide bonds. The molecule has 0 aliphatic heterocycles. The van der Waals surface area contributed by atoms with E-state index in [9.17, 15) is 0 Å². The van der Waals surface area contributed by atoms with Gasteiger partial charge in [-0.1, -0.05) is 202 Å². The molecular weight excluding hydrogens is 887 g/mol. The lowest BCUT2D eigenvalue weighted by atomic mass is 9.70. The van der Waals surface area contributed by atoms with Crippen LogP contribution in [-0.4, -0.2) is 0 Å². The van der Waals surface area contributed by atoms with Crippen molar-refractivity contribution in [1.82, 2.24) is 0 Å². The summed E-state index contributed by atoms with van der Waals surface area (Å²) in [6.45, 7) is 4.76. The van der Waals surface area contributed by atoms with Gasteiger partial charge in [-0.15, -0.1) is 11.3 Å². The second-order valence-corrected chi connectivity index (χ2v) is 21.8. The van der Waals surface area contributed by atoms with Crippen molar-refractivity contribution in [1.29, 1.82) is 0 Å². The number of thiophene rings is 1. The van der Waals surface area contributed by atoms with Crippen molar-refractivity contribution >= 4 is 80.9 Å². The topological polar surface area (TPSA) is 3.24 Å². The molecule has 12 aromatic carbocycles. The monoisotopic (exact) mass is 931 g/mol. The van der Waals surface area contributed by atoms with Gasteiger partial charge in [0, 0.05) is 42.5 Å². The maximum atomic E-state index is 2.60. The highest BCUT2D eigenvalue weighted by molar-refractivity contribution is 7.25. The Labute approximate surface area is 422 Å². The Morgan fingerprint density at radius 1 is 0.292 bits per heavy atom. The summed E-state index contributed by atoms with van der Waals surface area (Å²) in [5.74, 6) is 0. The molecule has 0 saturated heterocycles. The van der Waals surface area contributed by atoms with E-state index < -0.39 is 5.41 Å². The van der Waals surface area contributed by atoms with Crippen molar-refractivity contribution in [2.75, 3.05) is 4.90 Å². The van der Waals surface area contributed by atoms with Gasteiger partial charge in [0.1, 0.15) is 0 Å². The minimum atomic E-state index is -0.491. The minimum Gasteiger partial charge on any atom is -0.310 e. The Bertz CT molecular complexity index is 4450. The number of hydrogen-bond donors (Lipinski definition) is 0. The van der Waals surface area contributed by atoms with Crippen LogP contribution in [0.25, 0.3) is 97.0 Å². The summed E-state index contributed by atoms with van der Waals surface area (Å²) >= 11 is 1.89. The van der Waals surface area contributed by atoms with Crippen molar-refractivity contribution in [2.24, 2.45) is 0 Å². The second kappa shape index (κ2) is 14.5. The fourth-order valence-electron chi connectivity index (χ4n) is 13.7. The van der Waals surface area contributed by atoms with E-state index in [4.69, 9.17) is 0 Å². The maximum Gasteiger partial charge on any atom is 0.0726 e. The summed E-state index contributed by atoms with van der Waals surface area (Å²) in [7, 11) is 0. The predicted molar refractivity (Wildman–Crippen MR) is 306 cm³/mol. The van der Waals surface area contributed by atoms with Gasteiger partial charge < -0.3 is 4.90 Å². The Balaban J connectivity index is 1.04. The van der Waals surface area contributed by atoms with E-state index in [0.29, 0.717) is 0 Å². The van der Waals surface area contributed by atoms with E-state index in [0.717, 1.165) is 17.1 Å². The molecule has 13 aromatic rings. The van der Waals surface area contributed by atoms with Crippen LogP contribution in [0.15, 0.2) is 237 Å². The van der Waals surface area contributed by atoms with Crippen molar-refractivity contribution in [2.45, 2.75) is 24.7 Å². The first-order chi connectivity index (χ1) is 35.5. The standard InChI is InChI=1S/C70H45NS/c1-69(2)60-26-12-7-24-52(60)59-38-43(33-36-61(59)69)71(44-32-35-53-51-23-10-15-29-64(51)70(65(53)39-44)62-27-13-8-21-49(62)50-22-9-14-28-63(50)70)66-41-58-48-20-6-4-18-46(48)45-17-3-5-19-47(45)57(58)40-56(66)42-31-34-55-54-25-11-16-30-67(54)72-68(55)37-42/h3-41H,1-2H3. The maximum absolute atomic E-state index is 2.60. The van der Waals surface area contributed by atoms with E-state index in [-0.39, 0.29) is 5.41 Å². The number of benzene rings is 12. The van der Waals surface area contributed by atoms with Crippen molar-refractivity contribution in [3.05, 3.63) is 270 Å². The molecule has 3 aliphatic rings. The third-order valence-electron chi connectivity index (χ3n) is 16.9. The molecule has 0 fully saturated rings. The molecule has 1 aromatic heterocycles. The molecule has 0 saturated carbocycles. The van der Waals surface area contributed by atoms with E-state index in [1.165, 1.54) is 130 Å². The Morgan fingerprint density at radius 3 is 1.39 bits per heavy atom. The summed E-state index contributed by atoms with van der Waals surface area (Å²) < 4.78 is 2.61. The van der Waals surface area contributed by atoms with Crippen LogP contribution in [0.1, 0.15) is 47.2 Å². The Morgan fingerprint density at radius 2 is 0.750 bits per heavy atom. The quantitative estimate of drug-likeness (QED) is 0.159. The zero-order valence-electron chi connectivity index (χ0n) is 39.9. The zero-order valence-corrected chi connectivity index (χ0v) is 40.7. The number of nitrogens with zero attached hydrogens (tertiary/aromatic N) is 1. The first-order valence-corrected chi connectivity index (χ1v) is 26.1. The number of rotatable bonds is 4. The zero-order chi connectivity index (χ0) is 47.5. The van der Waals surface area contributed by atoms with Gasteiger partial charge >= 0.3 is 0 Å². The fourth-order valence-corrected chi connectivity index (χ4v) is 14.9. The van der Waals surface area contributed by atoms with E-state index in [1.807, 2.05) is 11.3 Å². The van der Waals surface area contributed by atoms with Crippen LogP contribution in [-0.2, 0) is 10.8 Å². The largest absolute Gasteiger partial charge is 0.310 e.